The van der Waals surface area contributed by atoms with Gasteiger partial charge in [0.25, 0.3) is 5.91 Å². The summed E-state index contributed by atoms with van der Waals surface area (Å²) in [4.78, 5) is 28.8. The fourth-order valence-electron chi connectivity index (χ4n) is 4.63. The number of carbonyl (C=O) groups is 1. The molecule has 0 radical (unpaired) electrons. The van der Waals surface area contributed by atoms with Crippen LogP contribution < -0.4 is 4.74 Å². The van der Waals surface area contributed by atoms with Crippen LogP contribution in [0, 0.1) is 12.8 Å². The first-order valence-electron chi connectivity index (χ1n) is 10.5. The smallest absolute Gasteiger partial charge is 0.255 e. The van der Waals surface area contributed by atoms with Gasteiger partial charge < -0.3 is 9.64 Å². The zero-order valence-corrected chi connectivity index (χ0v) is 18.0. The van der Waals surface area contributed by atoms with Crippen molar-refractivity contribution in [3.05, 3.63) is 71.1 Å². The van der Waals surface area contributed by atoms with Crippen molar-refractivity contribution in [3.8, 4) is 17.3 Å². The van der Waals surface area contributed by atoms with Gasteiger partial charge in [-0.3, -0.25) is 4.79 Å². The Morgan fingerprint density at radius 3 is 2.68 bits per heavy atom. The van der Waals surface area contributed by atoms with Crippen LogP contribution in [0.3, 0.4) is 0 Å². The molecule has 0 unspecified atom stereocenters. The third-order valence-electron chi connectivity index (χ3n) is 6.17. The molecule has 1 amide bonds. The molecule has 3 aromatic rings. The van der Waals surface area contributed by atoms with Gasteiger partial charge in [-0.25, -0.2) is 15.0 Å². The number of nitrogens with zero attached hydrogens (tertiary/aromatic N) is 4. The highest BCUT2D eigenvalue weighted by Gasteiger charge is 2.47. The Kier molecular flexibility index (Phi) is 5.32. The van der Waals surface area contributed by atoms with Crippen molar-refractivity contribution in [2.24, 2.45) is 5.92 Å². The maximum Gasteiger partial charge on any atom is 0.255 e. The Balaban J connectivity index is 1.43. The predicted molar refractivity (Wildman–Crippen MR) is 118 cm³/mol. The number of halogens is 1. The van der Waals surface area contributed by atoms with Gasteiger partial charge in [0.15, 0.2) is 5.82 Å². The molecule has 7 heteroatoms. The van der Waals surface area contributed by atoms with Gasteiger partial charge in [-0.2, -0.15) is 0 Å². The van der Waals surface area contributed by atoms with E-state index in [0.717, 1.165) is 30.4 Å². The van der Waals surface area contributed by atoms with E-state index in [1.807, 2.05) is 30.0 Å². The first kappa shape index (κ1) is 19.9. The number of fused-ring (bicyclic) bond motifs is 2. The minimum Gasteiger partial charge on any atom is -0.475 e. The Hall–Kier alpha value is -2.99. The summed E-state index contributed by atoms with van der Waals surface area (Å²) in [6, 6.07) is 11.4. The molecule has 31 heavy (non-hydrogen) atoms. The molecule has 3 fully saturated rings. The topological polar surface area (TPSA) is 68.2 Å². The lowest BCUT2D eigenvalue weighted by Crippen LogP contribution is -2.60. The molecule has 2 aliphatic heterocycles. The molecule has 2 bridgehead atoms. The standard InChI is InChI=1S/C24H23ClN4O2/c1-15-3-5-20(23-26-7-2-8-27-23)21(9-15)24(30)29-18-10-16(11-18)12-19(29)14-31-22-6-4-17(25)13-28-22/h2-9,13,16,18-19H,10-12,14H2,1H3/t16?,18?,19-/m1/s1. The summed E-state index contributed by atoms with van der Waals surface area (Å²) in [7, 11) is 0. The van der Waals surface area contributed by atoms with Crippen LogP contribution in [0.15, 0.2) is 55.0 Å². The van der Waals surface area contributed by atoms with Crippen LogP contribution in [0.4, 0.5) is 0 Å². The van der Waals surface area contributed by atoms with Crippen molar-refractivity contribution in [1.82, 2.24) is 19.9 Å². The lowest BCUT2D eigenvalue weighted by Gasteiger charge is -2.53. The van der Waals surface area contributed by atoms with Gasteiger partial charge in [0, 0.05) is 36.3 Å². The van der Waals surface area contributed by atoms with Gasteiger partial charge in [-0.15, -0.1) is 0 Å². The highest BCUT2D eigenvalue weighted by Crippen LogP contribution is 2.44. The molecule has 3 aliphatic rings. The molecule has 2 aromatic heterocycles. The third kappa shape index (κ3) is 4.00. The number of piperidine rings is 2. The molecule has 1 aromatic carbocycles. The first-order chi connectivity index (χ1) is 15.1. The SMILES string of the molecule is Cc1ccc(-c2ncccn2)c(C(=O)N2C3CC(C3)C[C@@H]2COc2ccc(Cl)cn2)c1. The van der Waals surface area contributed by atoms with Gasteiger partial charge >= 0.3 is 0 Å². The lowest BCUT2D eigenvalue weighted by molar-refractivity contribution is -0.0310. The van der Waals surface area contributed by atoms with Crippen molar-refractivity contribution in [2.75, 3.05) is 6.61 Å². The van der Waals surface area contributed by atoms with Crippen LogP contribution in [0.2, 0.25) is 5.02 Å². The molecule has 6 rings (SSSR count). The van der Waals surface area contributed by atoms with Gasteiger partial charge in [-0.1, -0.05) is 29.3 Å². The molecule has 1 saturated carbocycles. The minimum absolute atomic E-state index is 0.00697. The average Bonchev–Trinajstić information content (AvgIpc) is 2.78. The minimum atomic E-state index is 0.00697. The molecule has 0 spiro atoms. The summed E-state index contributed by atoms with van der Waals surface area (Å²) in [5.41, 5.74) is 2.44. The van der Waals surface area contributed by atoms with Crippen molar-refractivity contribution in [3.63, 3.8) is 0 Å². The second-order valence-corrected chi connectivity index (χ2v) is 8.78. The average molecular weight is 435 g/mol. The van der Waals surface area contributed by atoms with Crippen molar-refractivity contribution < 1.29 is 9.53 Å². The number of carbonyl (C=O) groups excluding carboxylic acids is 1. The van der Waals surface area contributed by atoms with Crippen LogP contribution in [0.1, 0.15) is 35.2 Å². The fraction of sp³-hybridized carbons (Fsp3) is 0.333. The molecular formula is C24H23ClN4O2. The number of aromatic nitrogens is 3. The van der Waals surface area contributed by atoms with E-state index >= 15 is 0 Å². The second kappa shape index (κ2) is 8.27. The maximum atomic E-state index is 13.8. The van der Waals surface area contributed by atoms with E-state index in [-0.39, 0.29) is 18.0 Å². The molecule has 2 saturated heterocycles. The molecule has 4 heterocycles. The highest BCUT2D eigenvalue weighted by atomic mass is 35.5. The van der Waals surface area contributed by atoms with E-state index in [0.29, 0.717) is 34.8 Å². The molecule has 1 atom stereocenters. The van der Waals surface area contributed by atoms with Crippen molar-refractivity contribution in [2.45, 2.75) is 38.3 Å². The van der Waals surface area contributed by atoms with Crippen molar-refractivity contribution >= 4 is 17.5 Å². The number of aryl methyl sites for hydroxylation is 1. The van der Waals surface area contributed by atoms with E-state index in [9.17, 15) is 4.79 Å². The molecule has 6 nitrogen and oxygen atoms in total. The highest BCUT2D eigenvalue weighted by molar-refractivity contribution is 6.30. The molecular weight excluding hydrogens is 412 g/mol. The lowest BCUT2D eigenvalue weighted by atomic mass is 9.70. The van der Waals surface area contributed by atoms with Gasteiger partial charge in [-0.05, 0) is 50.3 Å². The van der Waals surface area contributed by atoms with E-state index in [2.05, 4.69) is 15.0 Å². The Morgan fingerprint density at radius 2 is 1.94 bits per heavy atom. The van der Waals surface area contributed by atoms with Crippen LogP contribution in [-0.2, 0) is 0 Å². The number of amides is 1. The van der Waals surface area contributed by atoms with Crippen LogP contribution in [0.5, 0.6) is 5.88 Å². The number of hydrogen-bond donors (Lipinski definition) is 0. The molecule has 1 aliphatic carbocycles. The van der Waals surface area contributed by atoms with Gasteiger partial charge in [0.1, 0.15) is 6.61 Å². The summed E-state index contributed by atoms with van der Waals surface area (Å²) in [5, 5.41) is 0.568. The van der Waals surface area contributed by atoms with E-state index < -0.39 is 0 Å². The number of rotatable bonds is 5. The maximum absolute atomic E-state index is 13.8. The molecule has 0 N–H and O–H groups in total. The van der Waals surface area contributed by atoms with E-state index in [1.54, 1.807) is 36.8 Å². The summed E-state index contributed by atoms with van der Waals surface area (Å²) < 4.78 is 5.94. The van der Waals surface area contributed by atoms with Crippen molar-refractivity contribution in [1.29, 1.82) is 0 Å². The monoisotopic (exact) mass is 434 g/mol. The Labute approximate surface area is 186 Å². The van der Waals surface area contributed by atoms with E-state index in [1.165, 1.54) is 0 Å². The third-order valence-corrected chi connectivity index (χ3v) is 6.40. The predicted octanol–water partition coefficient (Wildman–Crippen LogP) is 4.57. The van der Waals surface area contributed by atoms with Crippen LogP contribution >= 0.6 is 11.6 Å². The first-order valence-corrected chi connectivity index (χ1v) is 10.9. The summed E-state index contributed by atoms with van der Waals surface area (Å²) in [5.74, 6) is 1.76. The van der Waals surface area contributed by atoms with E-state index in [4.69, 9.17) is 16.3 Å². The number of hydrogen-bond acceptors (Lipinski definition) is 5. The Bertz CT molecular complexity index is 1080. The number of benzene rings is 1. The quantitative estimate of drug-likeness (QED) is 0.588. The number of ether oxygens (including phenoxy) is 1. The zero-order valence-electron chi connectivity index (χ0n) is 17.2. The second-order valence-electron chi connectivity index (χ2n) is 8.34. The van der Waals surface area contributed by atoms with Gasteiger partial charge in [0.05, 0.1) is 16.6 Å². The van der Waals surface area contributed by atoms with Crippen LogP contribution in [0.25, 0.3) is 11.4 Å². The molecule has 158 valence electrons. The summed E-state index contributed by atoms with van der Waals surface area (Å²) in [6.07, 6.45) is 8.03. The normalized spacial score (nSPS) is 22.0. The summed E-state index contributed by atoms with van der Waals surface area (Å²) in [6.45, 7) is 2.41. The zero-order chi connectivity index (χ0) is 21.4. The fourth-order valence-corrected chi connectivity index (χ4v) is 4.74. The number of pyridine rings is 1. The summed E-state index contributed by atoms with van der Waals surface area (Å²) >= 11 is 5.91. The largest absolute Gasteiger partial charge is 0.475 e. The van der Waals surface area contributed by atoms with Crippen LogP contribution in [-0.4, -0.2) is 44.4 Å². The van der Waals surface area contributed by atoms with Gasteiger partial charge in [0.2, 0.25) is 5.88 Å². The Morgan fingerprint density at radius 1 is 1.13 bits per heavy atom.